The van der Waals surface area contributed by atoms with Gasteiger partial charge < -0.3 is 4.90 Å². The second-order valence-electron chi connectivity index (χ2n) is 5.01. The van der Waals surface area contributed by atoms with Crippen LogP contribution in [0.3, 0.4) is 0 Å². The van der Waals surface area contributed by atoms with Crippen molar-refractivity contribution in [2.24, 2.45) is 5.92 Å². The van der Waals surface area contributed by atoms with Gasteiger partial charge in [-0.25, -0.2) is 0 Å². The molecule has 0 aliphatic carbocycles. The van der Waals surface area contributed by atoms with Crippen molar-refractivity contribution in [2.45, 2.75) is 19.4 Å². The molecule has 2 aromatic rings. The van der Waals surface area contributed by atoms with Gasteiger partial charge in [-0.15, -0.1) is 0 Å². The highest BCUT2D eigenvalue weighted by Gasteiger charge is 2.38. The van der Waals surface area contributed by atoms with Gasteiger partial charge in [0, 0.05) is 18.2 Å². The lowest BCUT2D eigenvalue weighted by Crippen LogP contribution is -2.49. The van der Waals surface area contributed by atoms with Gasteiger partial charge in [0.05, 0.1) is 6.04 Å². The molecule has 0 N–H and O–H groups in total. The fraction of sp³-hybridized carbons (Fsp3) is 0.294. The quantitative estimate of drug-likeness (QED) is 0.770. The molecule has 2 aromatic carbocycles. The molecule has 1 heterocycles. The highest BCUT2D eigenvalue weighted by atomic mass is 15.2. The van der Waals surface area contributed by atoms with Crippen LogP contribution < -0.4 is 4.90 Å². The van der Waals surface area contributed by atoms with E-state index in [4.69, 9.17) is 0 Å². The van der Waals surface area contributed by atoms with E-state index >= 15 is 0 Å². The lowest BCUT2D eigenvalue weighted by molar-refractivity contribution is 0.289. The van der Waals surface area contributed by atoms with E-state index in [2.05, 4.69) is 72.5 Å². The fourth-order valence-corrected chi connectivity index (χ4v) is 2.92. The molecular formula is C17H19N. The molecule has 1 aliphatic rings. The molecule has 1 aliphatic heterocycles. The standard InChI is InChI=1S/C17H19N/c1-2-14-13-18(16-11-7-4-8-12-16)17(14)15-9-5-3-6-10-15/h3-12,14,17H,2,13H2,1H3/t14-,17-/m0/s1. The molecule has 1 nitrogen and oxygen atoms in total. The summed E-state index contributed by atoms with van der Waals surface area (Å²) in [6.45, 7) is 3.48. The second kappa shape index (κ2) is 4.85. The maximum absolute atomic E-state index is 2.52. The zero-order chi connectivity index (χ0) is 12.4. The zero-order valence-electron chi connectivity index (χ0n) is 10.8. The molecule has 1 fully saturated rings. The van der Waals surface area contributed by atoms with Crippen molar-refractivity contribution >= 4 is 5.69 Å². The molecule has 0 amide bonds. The lowest BCUT2D eigenvalue weighted by atomic mass is 9.81. The van der Waals surface area contributed by atoms with Gasteiger partial charge in [-0.1, -0.05) is 55.5 Å². The van der Waals surface area contributed by atoms with Crippen LogP contribution in [0, 0.1) is 5.92 Å². The highest BCUT2D eigenvalue weighted by Crippen LogP contribution is 2.43. The first-order valence-electron chi connectivity index (χ1n) is 6.77. The maximum atomic E-state index is 2.52. The third kappa shape index (κ3) is 1.90. The molecule has 0 spiro atoms. The predicted molar refractivity (Wildman–Crippen MR) is 76.8 cm³/mol. The molecule has 0 unspecified atom stereocenters. The smallest absolute Gasteiger partial charge is 0.0587 e. The van der Waals surface area contributed by atoms with E-state index in [-0.39, 0.29) is 0 Å². The molecule has 2 atom stereocenters. The highest BCUT2D eigenvalue weighted by molar-refractivity contribution is 5.52. The number of para-hydroxylation sites is 1. The van der Waals surface area contributed by atoms with Crippen LogP contribution in [-0.4, -0.2) is 6.54 Å². The summed E-state index contributed by atoms with van der Waals surface area (Å²) in [6, 6.07) is 22.2. The minimum atomic E-state index is 0.554. The van der Waals surface area contributed by atoms with E-state index in [1.54, 1.807) is 0 Å². The molecule has 18 heavy (non-hydrogen) atoms. The SMILES string of the molecule is CC[C@H]1CN(c2ccccc2)[C@@H]1c1ccccc1. The Kier molecular flexibility index (Phi) is 3.06. The summed E-state index contributed by atoms with van der Waals surface area (Å²) in [6.07, 6.45) is 1.25. The summed E-state index contributed by atoms with van der Waals surface area (Å²) in [4.78, 5) is 2.52. The maximum Gasteiger partial charge on any atom is 0.0587 e. The Balaban J connectivity index is 1.89. The van der Waals surface area contributed by atoms with Crippen LogP contribution in [0.25, 0.3) is 0 Å². The van der Waals surface area contributed by atoms with Crippen molar-refractivity contribution in [1.82, 2.24) is 0 Å². The monoisotopic (exact) mass is 237 g/mol. The molecule has 0 radical (unpaired) electrons. The zero-order valence-corrected chi connectivity index (χ0v) is 10.8. The van der Waals surface area contributed by atoms with Crippen molar-refractivity contribution in [3.8, 4) is 0 Å². The average Bonchev–Trinajstić information content (AvgIpc) is 2.41. The third-order valence-electron chi connectivity index (χ3n) is 3.97. The van der Waals surface area contributed by atoms with Gasteiger partial charge in [0.1, 0.15) is 0 Å². The molecule has 92 valence electrons. The first-order valence-corrected chi connectivity index (χ1v) is 6.77. The van der Waals surface area contributed by atoms with E-state index in [0.29, 0.717) is 6.04 Å². The van der Waals surface area contributed by atoms with E-state index in [1.165, 1.54) is 24.2 Å². The number of hydrogen-bond donors (Lipinski definition) is 0. The lowest BCUT2D eigenvalue weighted by Gasteiger charge is -2.50. The summed E-state index contributed by atoms with van der Waals surface area (Å²) in [5, 5.41) is 0. The van der Waals surface area contributed by atoms with E-state index in [9.17, 15) is 0 Å². The molecular weight excluding hydrogens is 218 g/mol. The Morgan fingerprint density at radius 1 is 0.944 bits per heavy atom. The topological polar surface area (TPSA) is 3.24 Å². The minimum absolute atomic E-state index is 0.554. The predicted octanol–water partition coefficient (Wildman–Crippen LogP) is 4.27. The number of nitrogens with zero attached hydrogens (tertiary/aromatic N) is 1. The Morgan fingerprint density at radius 3 is 2.17 bits per heavy atom. The van der Waals surface area contributed by atoms with Gasteiger partial charge >= 0.3 is 0 Å². The first-order chi connectivity index (χ1) is 8.90. The van der Waals surface area contributed by atoms with Crippen molar-refractivity contribution in [3.05, 3.63) is 66.2 Å². The van der Waals surface area contributed by atoms with E-state index in [0.717, 1.165) is 5.92 Å². The average molecular weight is 237 g/mol. The second-order valence-corrected chi connectivity index (χ2v) is 5.01. The summed E-state index contributed by atoms with van der Waals surface area (Å²) < 4.78 is 0. The molecule has 1 heteroatoms. The Labute approximate surface area is 109 Å². The number of anilines is 1. The van der Waals surface area contributed by atoms with Crippen LogP contribution in [0.4, 0.5) is 5.69 Å². The Morgan fingerprint density at radius 2 is 1.56 bits per heavy atom. The van der Waals surface area contributed by atoms with Crippen LogP contribution in [0.1, 0.15) is 24.9 Å². The first kappa shape index (κ1) is 11.3. The van der Waals surface area contributed by atoms with Crippen LogP contribution in [0.5, 0.6) is 0 Å². The summed E-state index contributed by atoms with van der Waals surface area (Å²) in [7, 11) is 0. The van der Waals surface area contributed by atoms with Gasteiger partial charge in [0.25, 0.3) is 0 Å². The third-order valence-corrected chi connectivity index (χ3v) is 3.97. The van der Waals surface area contributed by atoms with Gasteiger partial charge in [0.15, 0.2) is 0 Å². The molecule has 0 aromatic heterocycles. The Bertz CT molecular complexity index is 492. The van der Waals surface area contributed by atoms with Crippen molar-refractivity contribution in [3.63, 3.8) is 0 Å². The fourth-order valence-electron chi connectivity index (χ4n) is 2.92. The Hall–Kier alpha value is -1.76. The van der Waals surface area contributed by atoms with Gasteiger partial charge in [0.2, 0.25) is 0 Å². The van der Waals surface area contributed by atoms with Crippen molar-refractivity contribution in [1.29, 1.82) is 0 Å². The summed E-state index contributed by atoms with van der Waals surface area (Å²) in [5.41, 5.74) is 2.79. The van der Waals surface area contributed by atoms with Crippen LogP contribution >= 0.6 is 0 Å². The summed E-state index contributed by atoms with van der Waals surface area (Å²) in [5.74, 6) is 0.785. The van der Waals surface area contributed by atoms with Gasteiger partial charge in [-0.3, -0.25) is 0 Å². The molecule has 0 saturated carbocycles. The summed E-state index contributed by atoms with van der Waals surface area (Å²) >= 11 is 0. The van der Waals surface area contributed by atoms with Crippen molar-refractivity contribution in [2.75, 3.05) is 11.4 Å². The normalized spacial score (nSPS) is 22.6. The van der Waals surface area contributed by atoms with E-state index in [1.807, 2.05) is 0 Å². The largest absolute Gasteiger partial charge is 0.364 e. The van der Waals surface area contributed by atoms with Gasteiger partial charge in [-0.2, -0.15) is 0 Å². The number of rotatable bonds is 3. The molecule has 1 saturated heterocycles. The van der Waals surface area contributed by atoms with Crippen LogP contribution in [0.15, 0.2) is 60.7 Å². The minimum Gasteiger partial charge on any atom is -0.364 e. The van der Waals surface area contributed by atoms with Crippen LogP contribution in [0.2, 0.25) is 0 Å². The van der Waals surface area contributed by atoms with Crippen molar-refractivity contribution < 1.29 is 0 Å². The number of hydrogen-bond acceptors (Lipinski definition) is 1. The van der Waals surface area contributed by atoms with Gasteiger partial charge in [-0.05, 0) is 24.1 Å². The van der Waals surface area contributed by atoms with E-state index < -0.39 is 0 Å². The van der Waals surface area contributed by atoms with Crippen LogP contribution in [-0.2, 0) is 0 Å². The molecule has 3 rings (SSSR count). The number of benzene rings is 2. The molecule has 0 bridgehead atoms.